The van der Waals surface area contributed by atoms with Gasteiger partial charge in [0.05, 0.1) is 12.8 Å². The molecule has 110 valence electrons. The van der Waals surface area contributed by atoms with E-state index >= 15 is 0 Å². The summed E-state index contributed by atoms with van der Waals surface area (Å²) in [5, 5.41) is 33.8. The molecule has 0 bridgehead atoms. The quantitative estimate of drug-likeness (QED) is 0.238. The van der Waals surface area contributed by atoms with E-state index in [1.165, 1.54) is 0 Å². The molecule has 0 amide bonds. The van der Waals surface area contributed by atoms with Gasteiger partial charge in [0.25, 0.3) is 0 Å². The van der Waals surface area contributed by atoms with Crippen molar-refractivity contribution in [1.82, 2.24) is 0 Å². The third-order valence-electron chi connectivity index (χ3n) is 1.29. The van der Waals surface area contributed by atoms with Gasteiger partial charge in [-0.1, -0.05) is 0 Å². The summed E-state index contributed by atoms with van der Waals surface area (Å²) in [4.78, 5) is 30.5. The Kier molecular flexibility index (Phi) is 11.7. The summed E-state index contributed by atoms with van der Waals surface area (Å²) in [5.74, 6) is -5.02. The smallest absolute Gasteiger partial charge is 1.00 e. The predicted molar refractivity (Wildman–Crippen MR) is 59.2 cm³/mol. The van der Waals surface area contributed by atoms with Gasteiger partial charge in [-0.05, 0) is 0 Å². The summed E-state index contributed by atoms with van der Waals surface area (Å²) in [7, 11) is -4.67. The minimum atomic E-state index is -4.67. The van der Waals surface area contributed by atoms with Crippen molar-refractivity contribution in [3.63, 3.8) is 0 Å². The first-order chi connectivity index (χ1) is 7.78. The maximum atomic E-state index is 10.3. The molecule has 0 unspecified atom stereocenters. The molecule has 0 radical (unpaired) electrons. The van der Waals surface area contributed by atoms with Crippen LogP contribution in [0, 0.1) is 0 Å². The van der Waals surface area contributed by atoms with E-state index in [0.29, 0.717) is 0 Å². The van der Waals surface area contributed by atoms with E-state index in [9.17, 15) is 14.4 Å². The second-order valence-electron chi connectivity index (χ2n) is 2.93. The Morgan fingerprint density at radius 1 is 0.947 bits per heavy atom. The number of carbonyl (C=O) groups is 3. The van der Waals surface area contributed by atoms with Gasteiger partial charge in [-0.25, -0.2) is 4.79 Å². The van der Waals surface area contributed by atoms with Crippen LogP contribution in [0.15, 0.2) is 0 Å². The number of aliphatic hydroxyl groups is 1. The monoisotopic (exact) mass is 332 g/mol. The molecule has 0 aromatic carbocycles. The zero-order valence-electron chi connectivity index (χ0n) is 11.3. The number of rotatable bonds is 5. The summed E-state index contributed by atoms with van der Waals surface area (Å²) in [6.45, 7) is 0. The van der Waals surface area contributed by atoms with Gasteiger partial charge in [-0.15, -0.1) is 0 Å². The van der Waals surface area contributed by atoms with Gasteiger partial charge in [0, 0.05) is 0 Å². The molecule has 0 rings (SSSR count). The maximum Gasteiger partial charge on any atom is 2.00 e. The van der Waals surface area contributed by atoms with Crippen LogP contribution in [-0.4, -0.2) is 99.2 Å². The Hall–Kier alpha value is -0.500. The molecule has 0 aliphatic heterocycles. The Labute approximate surface area is 139 Å². The van der Waals surface area contributed by atoms with Crippen LogP contribution in [0.3, 0.4) is 0 Å². The molecular formula is C6H12CaO11S. The normalized spacial score (nSPS) is 10.5. The molecular weight excluding hydrogens is 320 g/mol. The number of carboxylic acid groups (broad SMARTS) is 3. The molecule has 0 fully saturated rings. The van der Waals surface area contributed by atoms with Crippen molar-refractivity contribution in [3.05, 3.63) is 0 Å². The Balaban J connectivity index is -0.0000000933. The van der Waals surface area contributed by atoms with Crippen LogP contribution in [-0.2, 0) is 24.8 Å². The molecule has 0 heterocycles. The number of aliphatic carboxylic acids is 3. The third kappa shape index (κ3) is 17.5. The average Bonchev–Trinajstić information content (AvgIpc) is 1.95. The molecule has 13 heteroatoms. The maximum absolute atomic E-state index is 10.3. The standard InChI is InChI=1S/C6H8O7.Ca.H2O4S.2H/c7-3(8)1-6(13,5(11)12)2-4(9)10;;1-5(2,3)4;;/h13H,1-2H2,(H,7,8)(H,9,10)(H,11,12);;(H2,1,2,3,4);;/q;+2;;2*-1. The molecule has 19 heavy (non-hydrogen) atoms. The van der Waals surface area contributed by atoms with Gasteiger partial charge in [-0.2, -0.15) is 8.42 Å². The molecule has 0 aromatic rings. The van der Waals surface area contributed by atoms with E-state index < -0.39 is 46.7 Å². The van der Waals surface area contributed by atoms with Crippen LogP contribution < -0.4 is 0 Å². The zero-order valence-corrected chi connectivity index (χ0v) is 12.3. The largest absolute Gasteiger partial charge is 2.00 e. The van der Waals surface area contributed by atoms with Gasteiger partial charge in [-0.3, -0.25) is 18.7 Å². The average molecular weight is 332 g/mol. The molecule has 0 spiro atoms. The van der Waals surface area contributed by atoms with Crippen molar-refractivity contribution in [2.75, 3.05) is 0 Å². The van der Waals surface area contributed by atoms with Gasteiger partial charge >= 0.3 is 66.0 Å². The fourth-order valence-electron chi connectivity index (χ4n) is 0.714. The summed E-state index contributed by atoms with van der Waals surface area (Å²) in [6.07, 6.45) is -2.29. The molecule has 0 aliphatic rings. The van der Waals surface area contributed by atoms with Crippen molar-refractivity contribution in [2.45, 2.75) is 18.4 Å². The van der Waals surface area contributed by atoms with Crippen LogP contribution in [0.1, 0.15) is 15.7 Å². The summed E-state index contributed by atoms with van der Waals surface area (Å²) in [6, 6.07) is 0. The molecule has 0 aromatic heterocycles. The summed E-state index contributed by atoms with van der Waals surface area (Å²) < 4.78 is 31.6. The molecule has 11 nitrogen and oxygen atoms in total. The fraction of sp³-hybridized carbons (Fsp3) is 0.500. The van der Waals surface area contributed by atoms with Gasteiger partial charge in [0.15, 0.2) is 5.60 Å². The third-order valence-corrected chi connectivity index (χ3v) is 1.29. The van der Waals surface area contributed by atoms with E-state index in [2.05, 4.69) is 0 Å². The van der Waals surface area contributed by atoms with E-state index in [1.807, 2.05) is 0 Å². The van der Waals surface area contributed by atoms with Crippen molar-refractivity contribution < 1.29 is 55.2 Å². The van der Waals surface area contributed by atoms with Crippen molar-refractivity contribution >= 4 is 66.0 Å². The Morgan fingerprint density at radius 3 is 1.26 bits per heavy atom. The van der Waals surface area contributed by atoms with Crippen LogP contribution in [0.25, 0.3) is 0 Å². The van der Waals surface area contributed by atoms with Crippen molar-refractivity contribution in [3.8, 4) is 0 Å². The summed E-state index contributed by atoms with van der Waals surface area (Å²) >= 11 is 0. The van der Waals surface area contributed by atoms with Crippen molar-refractivity contribution in [2.24, 2.45) is 0 Å². The second-order valence-corrected chi connectivity index (χ2v) is 3.82. The molecule has 0 saturated heterocycles. The number of carboxylic acids is 3. The number of hydrogen-bond donors (Lipinski definition) is 6. The van der Waals surface area contributed by atoms with Crippen LogP contribution in [0.4, 0.5) is 0 Å². The van der Waals surface area contributed by atoms with E-state index in [0.717, 1.165) is 0 Å². The van der Waals surface area contributed by atoms with Gasteiger partial charge < -0.3 is 23.3 Å². The minimum Gasteiger partial charge on any atom is -1.00 e. The van der Waals surface area contributed by atoms with Crippen LogP contribution >= 0.6 is 0 Å². The number of hydrogen-bond acceptors (Lipinski definition) is 6. The first kappa shape index (κ1) is 23.6. The van der Waals surface area contributed by atoms with Crippen molar-refractivity contribution in [1.29, 1.82) is 0 Å². The fourth-order valence-corrected chi connectivity index (χ4v) is 0.714. The zero-order chi connectivity index (χ0) is 15.1. The Morgan fingerprint density at radius 2 is 1.16 bits per heavy atom. The second kappa shape index (κ2) is 9.41. The first-order valence-electron chi connectivity index (χ1n) is 3.87. The molecule has 0 aliphatic carbocycles. The van der Waals surface area contributed by atoms with Gasteiger partial charge in [0.2, 0.25) is 0 Å². The predicted octanol–water partition coefficient (Wildman–Crippen LogP) is -2.06. The van der Waals surface area contributed by atoms with Crippen LogP contribution in [0.5, 0.6) is 0 Å². The van der Waals surface area contributed by atoms with Crippen LogP contribution in [0.2, 0.25) is 0 Å². The van der Waals surface area contributed by atoms with E-state index in [4.69, 9.17) is 37.9 Å². The molecule has 0 atom stereocenters. The van der Waals surface area contributed by atoms with Gasteiger partial charge in [0.1, 0.15) is 0 Å². The topological polar surface area (TPSA) is 207 Å². The molecule has 6 N–H and O–H groups in total. The minimum absolute atomic E-state index is 0. The molecule has 0 saturated carbocycles. The summed E-state index contributed by atoms with van der Waals surface area (Å²) in [5.41, 5.74) is -2.74. The van der Waals surface area contributed by atoms with E-state index in [-0.39, 0.29) is 40.6 Å². The SMILES string of the molecule is O=C(O)CC(O)(CC(=O)O)C(=O)O.O=S(=O)(O)O.[Ca+2].[H-].[H-]. The van der Waals surface area contributed by atoms with E-state index in [1.54, 1.807) is 0 Å². The first-order valence-corrected chi connectivity index (χ1v) is 5.27. The Bertz CT molecular complexity index is 412.